The van der Waals surface area contributed by atoms with Gasteiger partial charge in [-0.3, -0.25) is 9.35 Å². The molecule has 8 unspecified atom stereocenters. The molecular formula is C37H71NO12S. The summed E-state index contributed by atoms with van der Waals surface area (Å²) in [6.45, 7) is 3.17. The van der Waals surface area contributed by atoms with Crippen molar-refractivity contribution in [3.05, 3.63) is 12.2 Å². The van der Waals surface area contributed by atoms with Gasteiger partial charge in [0.05, 0.1) is 25.4 Å². The Hall–Kier alpha value is -1.20. The van der Waals surface area contributed by atoms with Crippen LogP contribution in [0.4, 0.5) is 0 Å². The van der Waals surface area contributed by atoms with Crippen LogP contribution >= 0.6 is 0 Å². The van der Waals surface area contributed by atoms with Crippen molar-refractivity contribution >= 4 is 16.3 Å². The standard InChI is InChI=1S/C37H71NO12S/c1-3-5-7-9-11-13-14-15-16-18-19-21-23-25-30(40)29(38-36(44)31(41)26-24-22-20-17-12-10-8-6-4-2)28-48-37-34(43)35(50-51(45,46)47)33(42)32(27-39)49-37/h10,12,29-35,37,39-43H,3-9,11,13-28H2,1-2H3,(H,38,44)(H,45,46,47)/b12-10-. The van der Waals surface area contributed by atoms with Gasteiger partial charge < -0.3 is 40.3 Å². The summed E-state index contributed by atoms with van der Waals surface area (Å²) < 4.78 is 47.3. The van der Waals surface area contributed by atoms with Gasteiger partial charge >= 0.3 is 10.4 Å². The number of amides is 1. The SMILES string of the molecule is CCCC/C=C\CCCCCC(O)C(=O)NC(COC1OC(CO)C(O)C(OS(=O)(=O)O)C1O)C(O)CCCCCCCCCCCCCCC. The summed E-state index contributed by atoms with van der Waals surface area (Å²) in [6.07, 6.45) is 15.7. The van der Waals surface area contributed by atoms with Gasteiger partial charge in [-0.2, -0.15) is 8.42 Å². The number of aliphatic hydroxyl groups excluding tert-OH is 5. The van der Waals surface area contributed by atoms with E-state index in [4.69, 9.17) is 14.0 Å². The van der Waals surface area contributed by atoms with Gasteiger partial charge in [0, 0.05) is 0 Å². The summed E-state index contributed by atoms with van der Waals surface area (Å²) in [4.78, 5) is 13.0. The normalized spacial score (nSPS) is 23.0. The number of ether oxygens (including phenoxy) is 2. The molecule has 1 aliphatic heterocycles. The third-order valence-corrected chi connectivity index (χ3v) is 9.90. The lowest BCUT2D eigenvalue weighted by Crippen LogP contribution is -2.61. The zero-order chi connectivity index (χ0) is 37.9. The number of allylic oxidation sites excluding steroid dienone is 2. The fourth-order valence-corrected chi connectivity index (χ4v) is 6.72. The molecule has 0 aliphatic carbocycles. The van der Waals surface area contributed by atoms with E-state index >= 15 is 0 Å². The highest BCUT2D eigenvalue weighted by atomic mass is 32.3. The van der Waals surface area contributed by atoms with Crippen LogP contribution in [0.5, 0.6) is 0 Å². The molecule has 1 aliphatic rings. The molecule has 7 N–H and O–H groups in total. The lowest BCUT2D eigenvalue weighted by atomic mass is 9.99. The van der Waals surface area contributed by atoms with Gasteiger partial charge in [-0.15, -0.1) is 0 Å². The molecule has 13 nitrogen and oxygen atoms in total. The van der Waals surface area contributed by atoms with Gasteiger partial charge in [-0.25, -0.2) is 4.18 Å². The van der Waals surface area contributed by atoms with Gasteiger partial charge in [0.25, 0.3) is 0 Å². The Bertz CT molecular complexity index is 1000. The molecule has 0 bridgehead atoms. The van der Waals surface area contributed by atoms with E-state index in [1.54, 1.807) is 0 Å². The Labute approximate surface area is 307 Å². The first-order valence-electron chi connectivity index (χ1n) is 19.7. The minimum Gasteiger partial charge on any atom is -0.394 e. The second-order valence-electron chi connectivity index (χ2n) is 14.0. The molecule has 1 amide bonds. The molecule has 1 rings (SSSR count). The number of nitrogens with one attached hydrogen (secondary N) is 1. The van der Waals surface area contributed by atoms with Crippen molar-refractivity contribution in [3.63, 3.8) is 0 Å². The van der Waals surface area contributed by atoms with Crippen molar-refractivity contribution < 1.29 is 57.0 Å². The Morgan fingerprint density at radius 3 is 1.82 bits per heavy atom. The predicted octanol–water partition coefficient (Wildman–Crippen LogP) is 5.01. The van der Waals surface area contributed by atoms with E-state index in [1.165, 1.54) is 64.2 Å². The minimum atomic E-state index is -5.10. The third kappa shape index (κ3) is 22.6. The molecule has 0 aromatic carbocycles. The minimum absolute atomic E-state index is 0.239. The van der Waals surface area contributed by atoms with Crippen molar-refractivity contribution in [2.75, 3.05) is 13.2 Å². The second kappa shape index (κ2) is 29.2. The Morgan fingerprint density at radius 2 is 1.27 bits per heavy atom. The van der Waals surface area contributed by atoms with Crippen LogP contribution < -0.4 is 5.32 Å². The highest BCUT2D eigenvalue weighted by Crippen LogP contribution is 2.26. The number of carbonyl (C=O) groups excluding carboxylic acids is 1. The molecule has 302 valence electrons. The second-order valence-corrected chi connectivity index (χ2v) is 15.1. The van der Waals surface area contributed by atoms with Crippen LogP contribution in [-0.4, -0.2) is 107 Å². The Balaban J connectivity index is 2.68. The van der Waals surface area contributed by atoms with Crippen LogP contribution in [0.3, 0.4) is 0 Å². The first kappa shape index (κ1) is 47.8. The number of rotatable bonds is 32. The number of aliphatic hydroxyl groups is 5. The average molecular weight is 754 g/mol. The number of hydrogen-bond acceptors (Lipinski definition) is 11. The molecule has 1 saturated heterocycles. The van der Waals surface area contributed by atoms with Crippen molar-refractivity contribution in [1.82, 2.24) is 5.32 Å². The van der Waals surface area contributed by atoms with Crippen LogP contribution in [0.1, 0.15) is 155 Å². The third-order valence-electron chi connectivity index (χ3n) is 9.43. The number of carbonyl (C=O) groups is 1. The van der Waals surface area contributed by atoms with Crippen LogP contribution in [-0.2, 0) is 28.9 Å². The molecule has 14 heteroatoms. The fourth-order valence-electron chi connectivity index (χ4n) is 6.21. The molecule has 0 saturated carbocycles. The lowest BCUT2D eigenvalue weighted by molar-refractivity contribution is -0.298. The van der Waals surface area contributed by atoms with Gasteiger partial charge in [-0.1, -0.05) is 135 Å². The maximum atomic E-state index is 13.0. The fraction of sp³-hybridized carbons (Fsp3) is 0.919. The first-order chi connectivity index (χ1) is 24.4. The van der Waals surface area contributed by atoms with Gasteiger partial charge in [0.2, 0.25) is 5.91 Å². The van der Waals surface area contributed by atoms with E-state index in [0.29, 0.717) is 19.3 Å². The van der Waals surface area contributed by atoms with E-state index < -0.39 is 78.5 Å². The number of unbranched alkanes of at least 4 members (excludes halogenated alkanes) is 17. The molecular weight excluding hydrogens is 682 g/mol. The van der Waals surface area contributed by atoms with Crippen LogP contribution in [0.25, 0.3) is 0 Å². The monoisotopic (exact) mass is 753 g/mol. The molecule has 1 fully saturated rings. The quantitative estimate of drug-likeness (QED) is 0.0274. The maximum absolute atomic E-state index is 13.0. The topological polar surface area (TPSA) is 212 Å². The van der Waals surface area contributed by atoms with Crippen LogP contribution in [0.15, 0.2) is 12.2 Å². The van der Waals surface area contributed by atoms with Gasteiger partial charge in [0.1, 0.15) is 30.5 Å². The van der Waals surface area contributed by atoms with E-state index in [0.717, 1.165) is 51.4 Å². The van der Waals surface area contributed by atoms with E-state index in [1.807, 2.05) is 0 Å². The van der Waals surface area contributed by atoms with Gasteiger partial charge in [0.15, 0.2) is 6.29 Å². The van der Waals surface area contributed by atoms with Gasteiger partial charge in [-0.05, 0) is 32.1 Å². The highest BCUT2D eigenvalue weighted by Gasteiger charge is 2.48. The molecule has 1 heterocycles. The Kier molecular flexibility index (Phi) is 27.4. The predicted molar refractivity (Wildman–Crippen MR) is 196 cm³/mol. The highest BCUT2D eigenvalue weighted by molar-refractivity contribution is 7.80. The molecule has 0 spiro atoms. The lowest BCUT2D eigenvalue weighted by Gasteiger charge is -2.41. The first-order valence-corrected chi connectivity index (χ1v) is 21.0. The summed E-state index contributed by atoms with van der Waals surface area (Å²) >= 11 is 0. The van der Waals surface area contributed by atoms with Crippen LogP contribution in [0.2, 0.25) is 0 Å². The summed E-state index contributed by atoms with van der Waals surface area (Å²) in [5.41, 5.74) is 0. The van der Waals surface area contributed by atoms with Crippen molar-refractivity contribution in [2.24, 2.45) is 0 Å². The molecule has 8 atom stereocenters. The van der Waals surface area contributed by atoms with Crippen LogP contribution in [0, 0.1) is 0 Å². The zero-order valence-electron chi connectivity index (χ0n) is 31.3. The molecule has 0 aromatic heterocycles. The zero-order valence-corrected chi connectivity index (χ0v) is 32.1. The summed E-state index contributed by atoms with van der Waals surface area (Å²) in [7, 11) is -5.10. The summed E-state index contributed by atoms with van der Waals surface area (Å²) in [5, 5.41) is 54.9. The summed E-state index contributed by atoms with van der Waals surface area (Å²) in [5.74, 6) is -0.686. The average Bonchev–Trinajstić information content (AvgIpc) is 3.09. The van der Waals surface area contributed by atoms with Crippen molar-refractivity contribution in [1.29, 1.82) is 0 Å². The largest absolute Gasteiger partial charge is 0.397 e. The van der Waals surface area contributed by atoms with Crippen molar-refractivity contribution in [2.45, 2.75) is 204 Å². The van der Waals surface area contributed by atoms with Crippen molar-refractivity contribution in [3.8, 4) is 0 Å². The van der Waals surface area contributed by atoms with E-state index in [-0.39, 0.29) is 6.42 Å². The van der Waals surface area contributed by atoms with E-state index in [2.05, 4.69) is 35.5 Å². The molecule has 0 radical (unpaired) electrons. The maximum Gasteiger partial charge on any atom is 0.397 e. The summed E-state index contributed by atoms with van der Waals surface area (Å²) in [6, 6.07) is -1.03. The Morgan fingerprint density at radius 1 is 0.765 bits per heavy atom. The van der Waals surface area contributed by atoms with E-state index in [9.17, 15) is 38.7 Å². The molecule has 0 aromatic rings. The molecule has 51 heavy (non-hydrogen) atoms. The smallest absolute Gasteiger partial charge is 0.394 e. The number of hydrogen-bond donors (Lipinski definition) is 7.